The van der Waals surface area contributed by atoms with E-state index in [1.807, 2.05) is 20.8 Å². The number of ether oxygens (including phenoxy) is 1. The van der Waals surface area contributed by atoms with Crippen LogP contribution in [-0.2, 0) is 9.53 Å². The molecule has 0 saturated carbocycles. The summed E-state index contributed by atoms with van der Waals surface area (Å²) < 4.78 is 10.6. The van der Waals surface area contributed by atoms with Crippen LogP contribution in [0.5, 0.6) is 0 Å². The van der Waals surface area contributed by atoms with Crippen LogP contribution in [-0.4, -0.2) is 66.3 Å². The molecule has 2 N–H and O–H groups in total. The zero-order valence-corrected chi connectivity index (χ0v) is 16.4. The highest BCUT2D eigenvalue weighted by atomic mass is 16.5. The van der Waals surface area contributed by atoms with E-state index in [2.05, 4.69) is 20.7 Å². The molecule has 1 aromatic rings. The summed E-state index contributed by atoms with van der Waals surface area (Å²) in [5, 5.41) is 9.89. The zero-order chi connectivity index (χ0) is 19.4. The summed E-state index contributed by atoms with van der Waals surface area (Å²) >= 11 is 0. The largest absolute Gasteiger partial charge is 0.381 e. The lowest BCUT2D eigenvalue weighted by atomic mass is 10.1. The highest BCUT2D eigenvalue weighted by Crippen LogP contribution is 2.26. The predicted octanol–water partition coefficient (Wildman–Crippen LogP) is 1.29. The molecule has 0 aliphatic carbocycles. The van der Waals surface area contributed by atoms with Gasteiger partial charge in [-0.1, -0.05) is 19.0 Å². The quantitative estimate of drug-likeness (QED) is 0.774. The number of nitrogens with zero attached hydrogens (tertiary/aromatic N) is 2. The molecule has 2 fully saturated rings. The molecule has 8 nitrogen and oxygen atoms in total. The van der Waals surface area contributed by atoms with Gasteiger partial charge in [-0.2, -0.15) is 0 Å². The molecule has 1 aromatic heterocycles. The van der Waals surface area contributed by atoms with Gasteiger partial charge in [0.2, 0.25) is 11.7 Å². The first-order chi connectivity index (χ1) is 13.0. The van der Waals surface area contributed by atoms with E-state index in [-0.39, 0.29) is 35.6 Å². The summed E-state index contributed by atoms with van der Waals surface area (Å²) in [6, 6.07) is 1.68. The second-order valence-electron chi connectivity index (χ2n) is 7.63. The summed E-state index contributed by atoms with van der Waals surface area (Å²) in [6.45, 7) is 8.61. The van der Waals surface area contributed by atoms with Crippen LogP contribution < -0.4 is 10.6 Å². The Bertz CT molecular complexity index is 654. The first-order valence-corrected chi connectivity index (χ1v) is 9.88. The van der Waals surface area contributed by atoms with Crippen molar-refractivity contribution in [3.8, 4) is 0 Å². The average Bonchev–Trinajstić information content (AvgIpc) is 3.30. The fourth-order valence-electron chi connectivity index (χ4n) is 3.86. The van der Waals surface area contributed by atoms with Crippen molar-refractivity contribution >= 4 is 11.8 Å². The number of aromatic nitrogens is 1. The van der Waals surface area contributed by atoms with Gasteiger partial charge in [0.1, 0.15) is 0 Å². The number of carbonyl (C=O) groups excluding carboxylic acids is 2. The third-order valence-corrected chi connectivity index (χ3v) is 5.33. The number of likely N-dealkylation sites (N-methyl/N-ethyl adjacent to an activating group) is 1. The molecule has 2 aliphatic heterocycles. The number of rotatable bonds is 6. The van der Waals surface area contributed by atoms with Gasteiger partial charge in [-0.3, -0.25) is 14.5 Å². The Kier molecular flexibility index (Phi) is 6.49. The summed E-state index contributed by atoms with van der Waals surface area (Å²) in [7, 11) is 0. The minimum absolute atomic E-state index is 0.0301. The van der Waals surface area contributed by atoms with E-state index in [1.54, 1.807) is 6.07 Å². The topological polar surface area (TPSA) is 96.7 Å². The SMILES string of the molecule is CCNC(=O)[C@@H]1C[C@H](NC(=O)c2cc(C(C)C)no2)CN1C1CCOCC1. The van der Waals surface area contributed by atoms with Gasteiger partial charge >= 0.3 is 0 Å². The van der Waals surface area contributed by atoms with Crippen LogP contribution in [0, 0.1) is 0 Å². The molecule has 0 bridgehead atoms. The molecule has 27 heavy (non-hydrogen) atoms. The second kappa shape index (κ2) is 8.84. The number of likely N-dealkylation sites (tertiary alicyclic amines) is 1. The Hall–Kier alpha value is -1.93. The van der Waals surface area contributed by atoms with Gasteiger partial charge in [-0.05, 0) is 32.1 Å². The van der Waals surface area contributed by atoms with Crippen molar-refractivity contribution < 1.29 is 18.8 Å². The number of hydrogen-bond donors (Lipinski definition) is 2. The van der Waals surface area contributed by atoms with Gasteiger partial charge in [0.25, 0.3) is 5.91 Å². The van der Waals surface area contributed by atoms with Gasteiger partial charge < -0.3 is 19.9 Å². The van der Waals surface area contributed by atoms with E-state index < -0.39 is 0 Å². The lowest BCUT2D eigenvalue weighted by Gasteiger charge is -2.34. The molecule has 2 atom stereocenters. The number of carbonyl (C=O) groups is 2. The van der Waals surface area contributed by atoms with Gasteiger partial charge in [0.05, 0.1) is 11.7 Å². The Morgan fingerprint density at radius 3 is 2.70 bits per heavy atom. The highest BCUT2D eigenvalue weighted by molar-refractivity contribution is 5.92. The Balaban J connectivity index is 1.66. The first-order valence-electron chi connectivity index (χ1n) is 9.88. The van der Waals surface area contributed by atoms with Gasteiger partial charge in [-0.15, -0.1) is 0 Å². The molecule has 2 amide bonds. The molecule has 2 aliphatic rings. The van der Waals surface area contributed by atoms with E-state index in [9.17, 15) is 9.59 Å². The Morgan fingerprint density at radius 1 is 1.33 bits per heavy atom. The van der Waals surface area contributed by atoms with Gasteiger partial charge in [0, 0.05) is 44.5 Å². The van der Waals surface area contributed by atoms with Crippen LogP contribution in [0.15, 0.2) is 10.6 Å². The van der Waals surface area contributed by atoms with Crippen molar-refractivity contribution in [2.75, 3.05) is 26.3 Å². The summed E-state index contributed by atoms with van der Waals surface area (Å²) in [4.78, 5) is 27.3. The Labute approximate surface area is 160 Å². The fourth-order valence-corrected chi connectivity index (χ4v) is 3.86. The fraction of sp³-hybridized carbons (Fsp3) is 0.737. The van der Waals surface area contributed by atoms with Crippen molar-refractivity contribution in [1.82, 2.24) is 20.7 Å². The van der Waals surface area contributed by atoms with Crippen LogP contribution in [0.4, 0.5) is 0 Å². The number of nitrogens with one attached hydrogen (secondary N) is 2. The highest BCUT2D eigenvalue weighted by Gasteiger charge is 2.41. The molecule has 8 heteroatoms. The molecule has 0 aromatic carbocycles. The van der Waals surface area contributed by atoms with Crippen LogP contribution in [0.3, 0.4) is 0 Å². The smallest absolute Gasteiger partial charge is 0.290 e. The molecule has 2 saturated heterocycles. The lowest BCUT2D eigenvalue weighted by molar-refractivity contribution is -0.126. The standard InChI is InChI=1S/C19H30N4O4/c1-4-20-18(24)16-9-13(11-23(16)14-5-7-26-8-6-14)21-19(25)17-10-15(12(2)3)22-27-17/h10,12-14,16H,4-9,11H2,1-3H3,(H,20,24)(H,21,25)/t13-,16-/m0/s1. The summed E-state index contributed by atoms with van der Waals surface area (Å²) in [5.74, 6) is 0.177. The van der Waals surface area contributed by atoms with Crippen molar-refractivity contribution in [2.45, 2.75) is 64.1 Å². The van der Waals surface area contributed by atoms with Crippen LogP contribution in [0.1, 0.15) is 62.2 Å². The van der Waals surface area contributed by atoms with E-state index >= 15 is 0 Å². The number of hydrogen-bond acceptors (Lipinski definition) is 6. The molecule has 0 unspecified atom stereocenters. The third-order valence-electron chi connectivity index (χ3n) is 5.33. The average molecular weight is 378 g/mol. The zero-order valence-electron chi connectivity index (χ0n) is 16.4. The first kappa shape index (κ1) is 19.8. The van der Waals surface area contributed by atoms with E-state index in [1.165, 1.54) is 0 Å². The van der Waals surface area contributed by atoms with Crippen molar-refractivity contribution in [2.24, 2.45) is 0 Å². The maximum absolute atomic E-state index is 12.6. The third kappa shape index (κ3) is 4.68. The van der Waals surface area contributed by atoms with Crippen molar-refractivity contribution in [1.29, 1.82) is 0 Å². The van der Waals surface area contributed by atoms with Gasteiger partial charge in [0.15, 0.2) is 0 Å². The molecule has 0 radical (unpaired) electrons. The molecule has 3 rings (SSSR count). The van der Waals surface area contributed by atoms with Crippen molar-refractivity contribution in [3.63, 3.8) is 0 Å². The van der Waals surface area contributed by atoms with E-state index in [0.29, 0.717) is 25.6 Å². The molecular formula is C19H30N4O4. The predicted molar refractivity (Wildman–Crippen MR) is 99.5 cm³/mol. The van der Waals surface area contributed by atoms with Gasteiger partial charge in [-0.25, -0.2) is 0 Å². The van der Waals surface area contributed by atoms with Crippen molar-refractivity contribution in [3.05, 3.63) is 17.5 Å². The molecule has 3 heterocycles. The minimum Gasteiger partial charge on any atom is -0.381 e. The number of amides is 2. The van der Waals surface area contributed by atoms with Crippen LogP contribution >= 0.6 is 0 Å². The normalized spacial score (nSPS) is 24.3. The Morgan fingerprint density at radius 2 is 2.07 bits per heavy atom. The maximum atomic E-state index is 12.6. The summed E-state index contributed by atoms with van der Waals surface area (Å²) in [6.07, 6.45) is 2.42. The van der Waals surface area contributed by atoms with E-state index in [4.69, 9.17) is 9.26 Å². The van der Waals surface area contributed by atoms with Crippen LogP contribution in [0.25, 0.3) is 0 Å². The monoisotopic (exact) mass is 378 g/mol. The van der Waals surface area contributed by atoms with E-state index in [0.717, 1.165) is 31.7 Å². The molecule has 0 spiro atoms. The second-order valence-corrected chi connectivity index (χ2v) is 7.63. The molecular weight excluding hydrogens is 348 g/mol. The summed E-state index contributed by atoms with van der Waals surface area (Å²) in [5.41, 5.74) is 0.760. The maximum Gasteiger partial charge on any atom is 0.290 e. The lowest BCUT2D eigenvalue weighted by Crippen LogP contribution is -2.49. The minimum atomic E-state index is -0.275. The molecule has 150 valence electrons. The van der Waals surface area contributed by atoms with Crippen LogP contribution in [0.2, 0.25) is 0 Å².